The number of carbonyl (C=O) groups excluding carboxylic acids is 2. The standard InChI is InChI=1S/C14H13N3O5S2/c1-2-20-11(18)6-23-14-17-16-13(24-14)15-12(19)8-3-4-9-10(5-8)22-7-21-9/h3-5H,2,6-7H2,1H3,(H,15,16,19). The van der Waals surface area contributed by atoms with Crippen molar-refractivity contribution in [1.82, 2.24) is 10.2 Å². The van der Waals surface area contributed by atoms with Gasteiger partial charge in [0.05, 0.1) is 12.4 Å². The molecule has 10 heteroatoms. The highest BCUT2D eigenvalue weighted by molar-refractivity contribution is 8.01. The van der Waals surface area contributed by atoms with Crippen molar-refractivity contribution in [2.75, 3.05) is 24.5 Å². The van der Waals surface area contributed by atoms with Crippen molar-refractivity contribution in [1.29, 1.82) is 0 Å². The Morgan fingerprint density at radius 1 is 1.33 bits per heavy atom. The number of fused-ring (bicyclic) bond motifs is 1. The number of carbonyl (C=O) groups is 2. The largest absolute Gasteiger partial charge is 0.465 e. The number of rotatable bonds is 6. The van der Waals surface area contributed by atoms with E-state index in [-0.39, 0.29) is 24.4 Å². The van der Waals surface area contributed by atoms with E-state index >= 15 is 0 Å². The van der Waals surface area contributed by atoms with Gasteiger partial charge in [0.2, 0.25) is 11.9 Å². The van der Waals surface area contributed by atoms with E-state index in [4.69, 9.17) is 14.2 Å². The summed E-state index contributed by atoms with van der Waals surface area (Å²) >= 11 is 2.40. The van der Waals surface area contributed by atoms with Crippen LogP contribution >= 0.6 is 23.1 Å². The minimum atomic E-state index is -0.327. The molecular weight excluding hydrogens is 354 g/mol. The van der Waals surface area contributed by atoms with Gasteiger partial charge in [-0.3, -0.25) is 14.9 Å². The topological polar surface area (TPSA) is 99.6 Å². The molecule has 0 aliphatic carbocycles. The van der Waals surface area contributed by atoms with E-state index in [1.54, 1.807) is 25.1 Å². The smallest absolute Gasteiger partial charge is 0.316 e. The van der Waals surface area contributed by atoms with Crippen molar-refractivity contribution in [3.63, 3.8) is 0 Å². The van der Waals surface area contributed by atoms with Gasteiger partial charge in [-0.2, -0.15) is 0 Å². The quantitative estimate of drug-likeness (QED) is 0.471. The molecule has 1 aliphatic heterocycles. The van der Waals surface area contributed by atoms with Gasteiger partial charge in [-0.15, -0.1) is 10.2 Å². The maximum atomic E-state index is 12.2. The van der Waals surface area contributed by atoms with Crippen LogP contribution in [-0.2, 0) is 9.53 Å². The molecule has 24 heavy (non-hydrogen) atoms. The van der Waals surface area contributed by atoms with Gasteiger partial charge < -0.3 is 14.2 Å². The molecule has 1 aromatic heterocycles. The highest BCUT2D eigenvalue weighted by atomic mass is 32.2. The summed E-state index contributed by atoms with van der Waals surface area (Å²) in [4.78, 5) is 23.5. The number of nitrogens with zero attached hydrogens (tertiary/aromatic N) is 2. The van der Waals surface area contributed by atoms with Gasteiger partial charge in [-0.25, -0.2) is 0 Å². The molecule has 2 aromatic rings. The van der Waals surface area contributed by atoms with Crippen molar-refractivity contribution in [2.24, 2.45) is 0 Å². The van der Waals surface area contributed by atoms with Gasteiger partial charge in [0.1, 0.15) is 0 Å². The van der Waals surface area contributed by atoms with E-state index in [1.165, 1.54) is 23.1 Å². The molecule has 2 heterocycles. The Balaban J connectivity index is 1.58. The lowest BCUT2D eigenvalue weighted by Crippen LogP contribution is -2.11. The van der Waals surface area contributed by atoms with Crippen LogP contribution < -0.4 is 14.8 Å². The van der Waals surface area contributed by atoms with Crippen molar-refractivity contribution >= 4 is 40.1 Å². The second kappa shape index (κ2) is 7.49. The van der Waals surface area contributed by atoms with Crippen molar-refractivity contribution in [2.45, 2.75) is 11.3 Å². The maximum absolute atomic E-state index is 12.2. The first-order chi connectivity index (χ1) is 11.7. The number of anilines is 1. The second-order valence-corrected chi connectivity index (χ2v) is 6.69. The van der Waals surface area contributed by atoms with E-state index in [9.17, 15) is 9.59 Å². The van der Waals surface area contributed by atoms with Crippen molar-refractivity contribution in [3.05, 3.63) is 23.8 Å². The van der Waals surface area contributed by atoms with Crippen LogP contribution in [0.1, 0.15) is 17.3 Å². The molecule has 1 aromatic carbocycles. The average molecular weight is 367 g/mol. The Kier molecular flexibility index (Phi) is 5.16. The first kappa shape index (κ1) is 16.5. The van der Waals surface area contributed by atoms with Gasteiger partial charge in [0, 0.05) is 5.56 Å². The zero-order valence-corrected chi connectivity index (χ0v) is 14.2. The second-order valence-electron chi connectivity index (χ2n) is 4.49. The number of thioether (sulfide) groups is 1. The van der Waals surface area contributed by atoms with E-state index in [2.05, 4.69) is 15.5 Å². The van der Waals surface area contributed by atoms with Crippen LogP contribution in [0.5, 0.6) is 11.5 Å². The molecule has 0 atom stereocenters. The van der Waals surface area contributed by atoms with E-state index in [0.29, 0.717) is 33.1 Å². The molecule has 0 saturated heterocycles. The summed E-state index contributed by atoms with van der Waals surface area (Å²) in [5.41, 5.74) is 0.426. The average Bonchev–Trinajstić information content (AvgIpc) is 3.21. The third-order valence-electron chi connectivity index (χ3n) is 2.88. The zero-order valence-electron chi connectivity index (χ0n) is 12.6. The van der Waals surface area contributed by atoms with Gasteiger partial charge in [-0.05, 0) is 25.1 Å². The van der Waals surface area contributed by atoms with Gasteiger partial charge in [0.25, 0.3) is 5.91 Å². The van der Waals surface area contributed by atoms with Crippen LogP contribution in [0, 0.1) is 0 Å². The molecule has 3 rings (SSSR count). The van der Waals surface area contributed by atoms with Crippen molar-refractivity contribution in [3.8, 4) is 11.5 Å². The summed E-state index contributed by atoms with van der Waals surface area (Å²) in [6, 6.07) is 4.92. The Morgan fingerprint density at radius 2 is 2.17 bits per heavy atom. The minimum Gasteiger partial charge on any atom is -0.465 e. The molecule has 1 amide bonds. The Morgan fingerprint density at radius 3 is 3.00 bits per heavy atom. The maximum Gasteiger partial charge on any atom is 0.316 e. The highest BCUT2D eigenvalue weighted by Crippen LogP contribution is 2.33. The first-order valence-electron chi connectivity index (χ1n) is 6.98. The third-order valence-corrected chi connectivity index (χ3v) is 4.83. The summed E-state index contributed by atoms with van der Waals surface area (Å²) in [5.74, 6) is 0.652. The van der Waals surface area contributed by atoms with E-state index in [1.807, 2.05) is 0 Å². The van der Waals surface area contributed by atoms with Crippen LogP contribution in [0.25, 0.3) is 0 Å². The lowest BCUT2D eigenvalue weighted by Gasteiger charge is -2.02. The lowest BCUT2D eigenvalue weighted by molar-refractivity contribution is -0.139. The Bertz CT molecular complexity index is 765. The normalized spacial score (nSPS) is 12.0. The van der Waals surface area contributed by atoms with Crippen molar-refractivity contribution < 1.29 is 23.8 Å². The summed E-state index contributed by atoms with van der Waals surface area (Å²) in [5, 5.41) is 10.8. The predicted molar refractivity (Wildman–Crippen MR) is 87.8 cm³/mol. The first-order valence-corrected chi connectivity index (χ1v) is 8.79. The van der Waals surface area contributed by atoms with Crippen LogP contribution in [0.4, 0.5) is 5.13 Å². The number of ether oxygens (including phenoxy) is 3. The fraction of sp³-hybridized carbons (Fsp3) is 0.286. The number of nitrogens with one attached hydrogen (secondary N) is 1. The Hall–Kier alpha value is -2.33. The monoisotopic (exact) mass is 367 g/mol. The third kappa shape index (κ3) is 3.95. The fourth-order valence-corrected chi connectivity index (χ4v) is 3.39. The van der Waals surface area contributed by atoms with E-state index in [0.717, 1.165) is 0 Å². The lowest BCUT2D eigenvalue weighted by atomic mass is 10.2. The molecule has 1 aliphatic rings. The number of aromatic nitrogens is 2. The predicted octanol–water partition coefficient (Wildman–Crippen LogP) is 2.17. The van der Waals surface area contributed by atoms with Crippen LogP contribution in [-0.4, -0.2) is 41.2 Å². The number of hydrogen-bond donors (Lipinski definition) is 1. The molecule has 0 saturated carbocycles. The summed E-state index contributed by atoms with van der Waals surface area (Å²) in [6.45, 7) is 2.24. The highest BCUT2D eigenvalue weighted by Gasteiger charge is 2.17. The van der Waals surface area contributed by atoms with Crippen LogP contribution in [0.3, 0.4) is 0 Å². The van der Waals surface area contributed by atoms with E-state index < -0.39 is 0 Å². The molecule has 8 nitrogen and oxygen atoms in total. The van der Waals surface area contributed by atoms with Gasteiger partial charge in [-0.1, -0.05) is 23.1 Å². The fourth-order valence-electron chi connectivity index (χ4n) is 1.85. The summed E-state index contributed by atoms with van der Waals surface area (Å²) in [7, 11) is 0. The number of benzene rings is 1. The number of amides is 1. The summed E-state index contributed by atoms with van der Waals surface area (Å²) < 4.78 is 15.9. The molecule has 0 spiro atoms. The number of esters is 1. The zero-order chi connectivity index (χ0) is 16.9. The number of hydrogen-bond acceptors (Lipinski definition) is 9. The molecule has 0 fully saturated rings. The molecule has 0 radical (unpaired) electrons. The molecule has 1 N–H and O–H groups in total. The van der Waals surface area contributed by atoms with Crippen LogP contribution in [0.2, 0.25) is 0 Å². The van der Waals surface area contributed by atoms with Gasteiger partial charge in [0.15, 0.2) is 15.8 Å². The molecule has 0 unspecified atom stereocenters. The molecule has 126 valence electrons. The molecule has 0 bridgehead atoms. The Labute approximate surface area is 145 Å². The SMILES string of the molecule is CCOC(=O)CSc1nnc(NC(=O)c2ccc3c(c2)OCO3)s1. The molecular formula is C14H13N3O5S2. The minimum absolute atomic E-state index is 0.151. The van der Waals surface area contributed by atoms with Crippen LogP contribution in [0.15, 0.2) is 22.5 Å². The van der Waals surface area contributed by atoms with Gasteiger partial charge >= 0.3 is 5.97 Å². The summed E-state index contributed by atoms with van der Waals surface area (Å²) in [6.07, 6.45) is 0.